The molecule has 7 nitrogen and oxygen atoms in total. The van der Waals surface area contributed by atoms with Crippen molar-refractivity contribution in [2.75, 3.05) is 7.05 Å². The van der Waals surface area contributed by atoms with E-state index in [0.717, 1.165) is 11.0 Å². The molecule has 2 heterocycles. The summed E-state index contributed by atoms with van der Waals surface area (Å²) >= 11 is 0. The monoisotopic (exact) mass is 271 g/mol. The quantitative estimate of drug-likeness (QED) is 0.846. The van der Waals surface area contributed by atoms with Gasteiger partial charge >= 0.3 is 0 Å². The molecule has 2 N–H and O–H groups in total. The number of imidazole rings is 1. The molecule has 0 fully saturated rings. The highest BCUT2D eigenvalue weighted by molar-refractivity contribution is 6.42. The Labute approximate surface area is 114 Å². The van der Waals surface area contributed by atoms with Gasteiger partial charge in [0.05, 0.1) is 24.0 Å². The number of hydrazone groups is 1. The third kappa shape index (κ3) is 2.25. The summed E-state index contributed by atoms with van der Waals surface area (Å²) in [5, 5.41) is 3.72. The lowest BCUT2D eigenvalue weighted by atomic mass is 10.2. The van der Waals surface area contributed by atoms with Gasteiger partial charge < -0.3 is 9.88 Å². The molecule has 0 spiro atoms. The van der Waals surface area contributed by atoms with Crippen LogP contribution in [0.1, 0.15) is 12.2 Å². The van der Waals surface area contributed by atoms with Crippen molar-refractivity contribution in [3.8, 4) is 0 Å². The molecule has 1 aliphatic rings. The Morgan fingerprint density at radius 3 is 2.90 bits per heavy atom. The number of para-hydroxylation sites is 2. The lowest BCUT2D eigenvalue weighted by Crippen LogP contribution is -2.32. The molecular weight excluding hydrogens is 258 g/mol. The second kappa shape index (κ2) is 4.76. The Kier molecular flexibility index (Phi) is 2.94. The molecule has 1 aromatic carbocycles. The highest BCUT2D eigenvalue weighted by Gasteiger charge is 2.24. The van der Waals surface area contributed by atoms with E-state index in [-0.39, 0.29) is 23.9 Å². The number of fused-ring (bicyclic) bond motifs is 1. The molecule has 7 heteroatoms. The van der Waals surface area contributed by atoms with Crippen LogP contribution < -0.4 is 5.43 Å². The number of hydrogen-bond acceptors (Lipinski definition) is 4. The zero-order chi connectivity index (χ0) is 14.1. The van der Waals surface area contributed by atoms with Crippen LogP contribution in [0.3, 0.4) is 0 Å². The van der Waals surface area contributed by atoms with Gasteiger partial charge in [0.25, 0.3) is 5.91 Å². The number of aromatic nitrogens is 2. The van der Waals surface area contributed by atoms with E-state index in [9.17, 15) is 9.59 Å². The first-order valence-electron chi connectivity index (χ1n) is 6.18. The number of amides is 2. The second-order valence-electron chi connectivity index (χ2n) is 4.63. The van der Waals surface area contributed by atoms with Crippen LogP contribution in [0, 0.1) is 0 Å². The maximum absolute atomic E-state index is 12.1. The van der Waals surface area contributed by atoms with Gasteiger partial charge in [0.1, 0.15) is 11.5 Å². The van der Waals surface area contributed by atoms with Gasteiger partial charge in [0.15, 0.2) is 0 Å². The summed E-state index contributed by atoms with van der Waals surface area (Å²) in [5.74, 6) is 0.161. The van der Waals surface area contributed by atoms with Crippen LogP contribution in [0.25, 0.3) is 11.0 Å². The summed E-state index contributed by atoms with van der Waals surface area (Å²) < 4.78 is 0. The molecule has 1 aromatic heterocycles. The molecule has 0 bridgehead atoms. The van der Waals surface area contributed by atoms with Gasteiger partial charge in [-0.2, -0.15) is 5.10 Å². The van der Waals surface area contributed by atoms with E-state index in [0.29, 0.717) is 12.4 Å². The maximum atomic E-state index is 12.1. The standard InChI is InChI=1S/C13H13N5O2/c1-18(13(20)10-6-12(19)17-16-10)7-11-14-8-4-2-3-5-9(8)15-11/h2-5H,6-7H2,1H3,(H,14,15)(H,17,19). The van der Waals surface area contributed by atoms with Crippen molar-refractivity contribution in [1.29, 1.82) is 0 Å². The number of hydrogen-bond donors (Lipinski definition) is 2. The van der Waals surface area contributed by atoms with Crippen LogP contribution in [0.2, 0.25) is 0 Å². The molecule has 102 valence electrons. The summed E-state index contributed by atoms with van der Waals surface area (Å²) in [7, 11) is 1.65. The van der Waals surface area contributed by atoms with Gasteiger partial charge in [-0.15, -0.1) is 0 Å². The Hall–Kier alpha value is -2.70. The lowest BCUT2D eigenvalue weighted by molar-refractivity contribution is -0.124. The van der Waals surface area contributed by atoms with E-state index in [1.807, 2.05) is 24.3 Å². The third-order valence-corrected chi connectivity index (χ3v) is 3.06. The Balaban J connectivity index is 1.73. The van der Waals surface area contributed by atoms with E-state index < -0.39 is 0 Å². The molecular formula is C13H13N5O2. The lowest BCUT2D eigenvalue weighted by Gasteiger charge is -2.14. The number of carbonyl (C=O) groups is 2. The van der Waals surface area contributed by atoms with Crippen LogP contribution in [-0.2, 0) is 16.1 Å². The summed E-state index contributed by atoms with van der Waals surface area (Å²) in [6, 6.07) is 7.66. The topological polar surface area (TPSA) is 90.4 Å². The minimum atomic E-state index is -0.274. The molecule has 0 aliphatic carbocycles. The molecule has 2 aromatic rings. The zero-order valence-electron chi connectivity index (χ0n) is 10.9. The molecule has 0 saturated carbocycles. The fraction of sp³-hybridized carbons (Fsp3) is 0.231. The van der Waals surface area contributed by atoms with Gasteiger partial charge in [-0.25, -0.2) is 10.4 Å². The maximum Gasteiger partial charge on any atom is 0.270 e. The minimum Gasteiger partial charge on any atom is -0.340 e. The van der Waals surface area contributed by atoms with Gasteiger partial charge in [-0.1, -0.05) is 12.1 Å². The molecule has 0 radical (unpaired) electrons. The first-order valence-corrected chi connectivity index (χ1v) is 6.18. The van der Waals surface area contributed by atoms with Crippen LogP contribution >= 0.6 is 0 Å². The Morgan fingerprint density at radius 2 is 2.20 bits per heavy atom. The average molecular weight is 271 g/mol. The molecule has 0 unspecified atom stereocenters. The number of carbonyl (C=O) groups excluding carboxylic acids is 2. The third-order valence-electron chi connectivity index (χ3n) is 3.06. The number of nitrogens with zero attached hydrogens (tertiary/aromatic N) is 3. The summed E-state index contributed by atoms with van der Waals surface area (Å²) in [4.78, 5) is 32.2. The molecule has 3 rings (SSSR count). The SMILES string of the molecule is CN(Cc1nc2ccccc2[nH]1)C(=O)C1=NNC(=O)C1. The zero-order valence-corrected chi connectivity index (χ0v) is 10.9. The number of aromatic amines is 1. The van der Waals surface area contributed by atoms with Crippen molar-refractivity contribution in [2.45, 2.75) is 13.0 Å². The Morgan fingerprint density at radius 1 is 1.40 bits per heavy atom. The number of H-pyrrole nitrogens is 1. The molecule has 1 aliphatic heterocycles. The van der Waals surface area contributed by atoms with Crippen molar-refractivity contribution >= 4 is 28.6 Å². The van der Waals surface area contributed by atoms with Crippen molar-refractivity contribution < 1.29 is 9.59 Å². The number of benzene rings is 1. The average Bonchev–Trinajstić information content (AvgIpc) is 3.03. The van der Waals surface area contributed by atoms with Crippen LogP contribution in [0.4, 0.5) is 0 Å². The number of nitrogens with one attached hydrogen (secondary N) is 2. The summed E-state index contributed by atoms with van der Waals surface area (Å²) in [6.07, 6.45) is 0.0311. The predicted octanol–water partition coefficient (Wildman–Crippen LogP) is 0.397. The second-order valence-corrected chi connectivity index (χ2v) is 4.63. The van der Waals surface area contributed by atoms with E-state index in [2.05, 4.69) is 20.5 Å². The highest BCUT2D eigenvalue weighted by atomic mass is 16.2. The summed E-state index contributed by atoms with van der Waals surface area (Å²) in [6.45, 7) is 0.334. The fourth-order valence-electron chi connectivity index (χ4n) is 2.08. The van der Waals surface area contributed by atoms with Crippen molar-refractivity contribution in [3.63, 3.8) is 0 Å². The predicted molar refractivity (Wildman–Crippen MR) is 72.8 cm³/mol. The molecule has 2 amide bonds. The molecule has 0 saturated heterocycles. The van der Waals surface area contributed by atoms with Crippen LogP contribution in [0.5, 0.6) is 0 Å². The van der Waals surface area contributed by atoms with E-state index in [1.165, 1.54) is 4.90 Å². The van der Waals surface area contributed by atoms with E-state index in [4.69, 9.17) is 0 Å². The van der Waals surface area contributed by atoms with Crippen molar-refractivity contribution in [1.82, 2.24) is 20.3 Å². The normalized spacial score (nSPS) is 14.2. The fourth-order valence-corrected chi connectivity index (χ4v) is 2.08. The largest absolute Gasteiger partial charge is 0.340 e. The van der Waals surface area contributed by atoms with Gasteiger partial charge in [0, 0.05) is 7.05 Å². The summed E-state index contributed by atoms with van der Waals surface area (Å²) in [5.41, 5.74) is 4.29. The Bertz CT molecular complexity index is 685. The molecule has 0 atom stereocenters. The van der Waals surface area contributed by atoms with E-state index >= 15 is 0 Å². The van der Waals surface area contributed by atoms with Crippen LogP contribution in [-0.4, -0.2) is 39.4 Å². The molecule has 20 heavy (non-hydrogen) atoms. The van der Waals surface area contributed by atoms with Crippen LogP contribution in [0.15, 0.2) is 29.4 Å². The van der Waals surface area contributed by atoms with Crippen molar-refractivity contribution in [2.24, 2.45) is 5.10 Å². The van der Waals surface area contributed by atoms with Crippen molar-refractivity contribution in [3.05, 3.63) is 30.1 Å². The van der Waals surface area contributed by atoms with Gasteiger partial charge in [0.2, 0.25) is 5.91 Å². The first-order chi connectivity index (χ1) is 9.63. The smallest absolute Gasteiger partial charge is 0.270 e. The number of rotatable bonds is 3. The van der Waals surface area contributed by atoms with Gasteiger partial charge in [-0.05, 0) is 12.1 Å². The van der Waals surface area contributed by atoms with E-state index in [1.54, 1.807) is 7.05 Å². The first kappa shape index (κ1) is 12.3. The minimum absolute atomic E-state index is 0.0311. The van der Waals surface area contributed by atoms with Gasteiger partial charge in [-0.3, -0.25) is 9.59 Å². The highest BCUT2D eigenvalue weighted by Crippen LogP contribution is 2.11.